The van der Waals surface area contributed by atoms with Gasteiger partial charge >= 0.3 is 0 Å². The minimum absolute atomic E-state index is 0.152. The smallest absolute Gasteiger partial charge is 0.236 e. The van der Waals surface area contributed by atoms with Gasteiger partial charge < -0.3 is 19.2 Å². The van der Waals surface area contributed by atoms with Gasteiger partial charge in [0.15, 0.2) is 6.61 Å². The molecule has 1 fully saturated rings. The van der Waals surface area contributed by atoms with Crippen LogP contribution in [0, 0.1) is 11.3 Å². The fourth-order valence-electron chi connectivity index (χ4n) is 3.15. The van der Waals surface area contributed by atoms with Gasteiger partial charge in [-0.2, -0.15) is 10.2 Å². The highest BCUT2D eigenvalue weighted by Crippen LogP contribution is 2.24. The first-order chi connectivity index (χ1) is 13.8. The summed E-state index contributed by atoms with van der Waals surface area (Å²) in [6.45, 7) is 1.54. The number of hydrogen-bond acceptors (Lipinski definition) is 6. The molecular formula is C22H21N3O3. The number of anilines is 1. The molecule has 1 saturated heterocycles. The number of hydrogen-bond donors (Lipinski definition) is 1. The van der Waals surface area contributed by atoms with E-state index in [2.05, 4.69) is 28.5 Å². The minimum atomic E-state index is 0.152. The number of benzene rings is 2. The topological polar surface area (TPSA) is 80.3 Å². The molecule has 6 heteroatoms. The number of rotatable bonds is 7. The Morgan fingerprint density at radius 1 is 1.11 bits per heavy atom. The molecule has 0 bridgehead atoms. The van der Waals surface area contributed by atoms with Crippen molar-refractivity contribution in [1.29, 1.82) is 5.26 Å². The van der Waals surface area contributed by atoms with E-state index >= 15 is 0 Å². The maximum absolute atomic E-state index is 9.26. The Morgan fingerprint density at radius 3 is 2.61 bits per heavy atom. The average Bonchev–Trinajstić information content (AvgIpc) is 3.41. The summed E-state index contributed by atoms with van der Waals surface area (Å²) in [5, 5.41) is 12.4. The Labute approximate surface area is 163 Å². The molecule has 0 unspecified atom stereocenters. The lowest BCUT2D eigenvalue weighted by Crippen LogP contribution is -2.18. The SMILES string of the molecule is N#Cc1nc(COc2ccc(-c3ccccc3)cc2)oc1NC[C@H]1CCCO1. The maximum Gasteiger partial charge on any atom is 0.236 e. The Balaban J connectivity index is 1.36. The molecule has 28 heavy (non-hydrogen) atoms. The number of oxazole rings is 1. The molecule has 0 aliphatic carbocycles. The third-order valence-electron chi connectivity index (χ3n) is 4.62. The molecule has 3 aromatic rings. The summed E-state index contributed by atoms with van der Waals surface area (Å²) in [4.78, 5) is 4.20. The largest absolute Gasteiger partial charge is 0.484 e. The Kier molecular flexibility index (Phi) is 5.55. The molecular weight excluding hydrogens is 354 g/mol. The van der Waals surface area contributed by atoms with Gasteiger partial charge in [0, 0.05) is 13.2 Å². The molecule has 1 aromatic heterocycles. The Bertz CT molecular complexity index is 939. The summed E-state index contributed by atoms with van der Waals surface area (Å²) in [7, 11) is 0. The van der Waals surface area contributed by atoms with Gasteiger partial charge in [-0.1, -0.05) is 42.5 Å². The quantitative estimate of drug-likeness (QED) is 0.660. The van der Waals surface area contributed by atoms with Crippen molar-refractivity contribution in [1.82, 2.24) is 4.98 Å². The van der Waals surface area contributed by atoms with E-state index in [4.69, 9.17) is 13.9 Å². The lowest BCUT2D eigenvalue weighted by Gasteiger charge is -2.09. The standard InChI is InChI=1S/C22H21N3O3/c23-13-20-22(24-14-19-7-4-12-26-19)28-21(25-20)15-27-18-10-8-17(9-11-18)16-5-2-1-3-6-16/h1-3,5-6,8-11,19,24H,4,7,12,14-15H2/t19-/m1/s1. The summed E-state index contributed by atoms with van der Waals surface area (Å²) in [6.07, 6.45) is 2.23. The molecule has 4 rings (SSSR count). The van der Waals surface area contributed by atoms with Gasteiger partial charge in [-0.15, -0.1) is 0 Å². The van der Waals surface area contributed by atoms with Crippen molar-refractivity contribution in [2.45, 2.75) is 25.6 Å². The van der Waals surface area contributed by atoms with Gasteiger partial charge in [0.05, 0.1) is 6.10 Å². The second kappa shape index (κ2) is 8.59. The molecule has 0 spiro atoms. The molecule has 2 heterocycles. The van der Waals surface area contributed by atoms with Crippen molar-refractivity contribution >= 4 is 5.88 Å². The van der Waals surface area contributed by atoms with Crippen molar-refractivity contribution < 1.29 is 13.9 Å². The normalized spacial score (nSPS) is 15.9. The van der Waals surface area contributed by atoms with E-state index in [1.165, 1.54) is 0 Å². The molecule has 1 atom stereocenters. The van der Waals surface area contributed by atoms with Crippen LogP contribution >= 0.6 is 0 Å². The first-order valence-corrected chi connectivity index (χ1v) is 9.35. The summed E-state index contributed by atoms with van der Waals surface area (Å²) in [6, 6.07) is 20.0. The highest BCUT2D eigenvalue weighted by Gasteiger charge is 2.18. The number of nitrogens with zero attached hydrogens (tertiary/aromatic N) is 2. The predicted molar refractivity (Wildman–Crippen MR) is 105 cm³/mol. The third-order valence-corrected chi connectivity index (χ3v) is 4.62. The van der Waals surface area contributed by atoms with E-state index < -0.39 is 0 Å². The van der Waals surface area contributed by atoms with E-state index in [9.17, 15) is 5.26 Å². The van der Waals surface area contributed by atoms with Crippen molar-refractivity contribution in [3.63, 3.8) is 0 Å². The summed E-state index contributed by atoms with van der Waals surface area (Å²) < 4.78 is 17.0. The lowest BCUT2D eigenvalue weighted by atomic mass is 10.1. The van der Waals surface area contributed by atoms with Crippen LogP contribution in [0.3, 0.4) is 0 Å². The van der Waals surface area contributed by atoms with Crippen LogP contribution in [0.5, 0.6) is 5.75 Å². The summed E-state index contributed by atoms with van der Waals surface area (Å²) in [5.41, 5.74) is 2.51. The maximum atomic E-state index is 9.26. The van der Waals surface area contributed by atoms with E-state index in [1.54, 1.807) is 0 Å². The van der Waals surface area contributed by atoms with Crippen LogP contribution < -0.4 is 10.1 Å². The van der Waals surface area contributed by atoms with Gasteiger partial charge in [0.2, 0.25) is 17.5 Å². The molecule has 1 aliphatic heterocycles. The van der Waals surface area contributed by atoms with Gasteiger partial charge in [0.1, 0.15) is 11.8 Å². The third kappa shape index (κ3) is 4.33. The molecule has 0 saturated carbocycles. The lowest BCUT2D eigenvalue weighted by molar-refractivity contribution is 0.120. The van der Waals surface area contributed by atoms with E-state index in [1.807, 2.05) is 42.5 Å². The number of aromatic nitrogens is 1. The second-order valence-corrected chi connectivity index (χ2v) is 6.59. The molecule has 142 valence electrons. The van der Waals surface area contributed by atoms with Crippen LogP contribution in [0.4, 0.5) is 5.88 Å². The molecule has 0 radical (unpaired) electrons. The van der Waals surface area contributed by atoms with Gasteiger partial charge in [-0.25, -0.2) is 0 Å². The van der Waals surface area contributed by atoms with Crippen LogP contribution in [0.1, 0.15) is 24.4 Å². The zero-order chi connectivity index (χ0) is 19.2. The Morgan fingerprint density at radius 2 is 1.89 bits per heavy atom. The van der Waals surface area contributed by atoms with Gasteiger partial charge in [0.25, 0.3) is 0 Å². The molecule has 1 N–H and O–H groups in total. The highest BCUT2D eigenvalue weighted by atomic mass is 16.5. The number of nitrogens with one attached hydrogen (secondary N) is 1. The van der Waals surface area contributed by atoms with Crippen LogP contribution in [0.2, 0.25) is 0 Å². The second-order valence-electron chi connectivity index (χ2n) is 6.59. The fraction of sp³-hybridized carbons (Fsp3) is 0.273. The van der Waals surface area contributed by atoms with Crippen LogP contribution in [0.15, 0.2) is 59.0 Å². The minimum Gasteiger partial charge on any atom is -0.484 e. The molecule has 2 aromatic carbocycles. The van der Waals surface area contributed by atoms with Crippen molar-refractivity contribution in [3.8, 4) is 22.9 Å². The summed E-state index contributed by atoms with van der Waals surface area (Å²) in [5.74, 6) is 1.44. The van der Waals surface area contributed by atoms with Crippen LogP contribution in [-0.2, 0) is 11.3 Å². The van der Waals surface area contributed by atoms with Crippen molar-refractivity contribution in [2.24, 2.45) is 0 Å². The number of nitriles is 1. The van der Waals surface area contributed by atoms with Crippen LogP contribution in [0.25, 0.3) is 11.1 Å². The zero-order valence-electron chi connectivity index (χ0n) is 15.4. The Hall–Kier alpha value is -3.30. The van der Waals surface area contributed by atoms with Crippen LogP contribution in [-0.4, -0.2) is 24.2 Å². The molecule has 1 aliphatic rings. The first kappa shape index (κ1) is 18.1. The van der Waals surface area contributed by atoms with E-state index in [-0.39, 0.29) is 18.4 Å². The van der Waals surface area contributed by atoms with Gasteiger partial charge in [-0.3, -0.25) is 0 Å². The predicted octanol–water partition coefficient (Wildman–Crippen LogP) is 4.38. The average molecular weight is 375 g/mol. The number of ether oxygens (including phenoxy) is 2. The molecule has 6 nitrogen and oxygen atoms in total. The van der Waals surface area contributed by atoms with Gasteiger partial charge in [-0.05, 0) is 36.1 Å². The highest BCUT2D eigenvalue weighted by molar-refractivity contribution is 5.63. The first-order valence-electron chi connectivity index (χ1n) is 9.35. The fourth-order valence-corrected chi connectivity index (χ4v) is 3.15. The summed E-state index contributed by atoms with van der Waals surface area (Å²) >= 11 is 0. The van der Waals surface area contributed by atoms with Crippen molar-refractivity contribution in [3.05, 3.63) is 66.2 Å². The van der Waals surface area contributed by atoms with E-state index in [0.29, 0.717) is 24.1 Å². The zero-order valence-corrected chi connectivity index (χ0v) is 15.4. The monoisotopic (exact) mass is 375 g/mol. The van der Waals surface area contributed by atoms with Crippen molar-refractivity contribution in [2.75, 3.05) is 18.5 Å². The van der Waals surface area contributed by atoms with E-state index in [0.717, 1.165) is 30.6 Å². The molecule has 0 amide bonds.